The molecule has 1 aromatic rings. The highest BCUT2D eigenvalue weighted by Crippen LogP contribution is 2.30. The number of thioether (sulfide) groups is 1. The van der Waals surface area contributed by atoms with Gasteiger partial charge in [-0.3, -0.25) is 0 Å². The van der Waals surface area contributed by atoms with Crippen LogP contribution < -0.4 is 4.90 Å². The summed E-state index contributed by atoms with van der Waals surface area (Å²) < 4.78 is 0. The number of para-hydroxylation sites is 1. The molecule has 0 aromatic heterocycles. The van der Waals surface area contributed by atoms with Gasteiger partial charge in [0.2, 0.25) is 0 Å². The fourth-order valence-electron chi connectivity index (χ4n) is 2.21. The molecule has 0 aliphatic carbocycles. The first-order chi connectivity index (χ1) is 8.65. The Morgan fingerprint density at radius 3 is 3.06 bits per heavy atom. The van der Waals surface area contributed by atoms with Gasteiger partial charge < -0.3 is 10.0 Å². The number of carboxylic acids is 1. The molecule has 4 nitrogen and oxygen atoms in total. The monoisotopic (exact) mass is 262 g/mol. The van der Waals surface area contributed by atoms with Crippen LogP contribution in [0.25, 0.3) is 0 Å². The number of carbonyl (C=O) groups is 1. The first-order valence-corrected chi connectivity index (χ1v) is 6.87. The molecule has 0 bridgehead atoms. The number of rotatable bonds is 2. The minimum Gasteiger partial charge on any atom is -0.480 e. The fraction of sp³-hybridized carbons (Fsp3) is 0.385. The topological polar surface area (TPSA) is 64.3 Å². The summed E-state index contributed by atoms with van der Waals surface area (Å²) in [5.41, 5.74) is 2.27. The maximum Gasteiger partial charge on any atom is 0.327 e. The third-order valence-electron chi connectivity index (χ3n) is 3.06. The molecule has 1 atom stereocenters. The molecular weight excluding hydrogens is 248 g/mol. The van der Waals surface area contributed by atoms with Gasteiger partial charge in [0.15, 0.2) is 0 Å². The lowest BCUT2D eigenvalue weighted by Gasteiger charge is -2.36. The fourth-order valence-corrected chi connectivity index (χ4v) is 3.24. The van der Waals surface area contributed by atoms with E-state index in [1.54, 1.807) is 17.8 Å². The first-order valence-electron chi connectivity index (χ1n) is 5.72. The molecule has 0 amide bonds. The SMILES string of the molecule is Cc1cccc(C#N)c1N1CCSCC1C(=O)O. The molecule has 1 aliphatic rings. The van der Waals surface area contributed by atoms with Gasteiger partial charge in [-0.25, -0.2) is 4.79 Å². The summed E-state index contributed by atoms with van der Waals surface area (Å²) >= 11 is 1.64. The lowest BCUT2D eigenvalue weighted by molar-refractivity contribution is -0.138. The standard InChI is InChI=1S/C13H14N2O2S/c1-9-3-2-4-10(7-14)12(9)15-5-6-18-8-11(15)13(16)17/h2-4,11H,5-6,8H2,1H3,(H,16,17). The highest BCUT2D eigenvalue weighted by atomic mass is 32.2. The summed E-state index contributed by atoms with van der Waals surface area (Å²) in [6, 6.07) is 7.09. The Morgan fingerprint density at radius 2 is 2.39 bits per heavy atom. The Hall–Kier alpha value is -1.67. The summed E-state index contributed by atoms with van der Waals surface area (Å²) in [7, 11) is 0. The highest BCUT2D eigenvalue weighted by molar-refractivity contribution is 7.99. The quantitative estimate of drug-likeness (QED) is 0.881. The highest BCUT2D eigenvalue weighted by Gasteiger charge is 2.31. The average molecular weight is 262 g/mol. The first kappa shape index (κ1) is 12.8. The number of aliphatic carboxylic acids is 1. The van der Waals surface area contributed by atoms with Gasteiger partial charge in [0.05, 0.1) is 11.3 Å². The molecule has 2 rings (SSSR count). The van der Waals surface area contributed by atoms with Gasteiger partial charge in [0.25, 0.3) is 0 Å². The lowest BCUT2D eigenvalue weighted by atomic mass is 10.1. The number of hydrogen-bond acceptors (Lipinski definition) is 4. The number of hydrogen-bond donors (Lipinski definition) is 1. The number of nitriles is 1. The van der Waals surface area contributed by atoms with E-state index in [0.29, 0.717) is 17.9 Å². The van der Waals surface area contributed by atoms with E-state index in [4.69, 9.17) is 5.26 Å². The van der Waals surface area contributed by atoms with Crippen LogP contribution in [0.3, 0.4) is 0 Å². The largest absolute Gasteiger partial charge is 0.480 e. The summed E-state index contributed by atoms with van der Waals surface area (Å²) in [6.45, 7) is 2.58. The van der Waals surface area contributed by atoms with E-state index in [9.17, 15) is 9.90 Å². The van der Waals surface area contributed by atoms with Crippen LogP contribution in [0, 0.1) is 18.3 Å². The molecule has 1 aliphatic heterocycles. The van der Waals surface area contributed by atoms with Crippen molar-refractivity contribution in [2.75, 3.05) is 23.0 Å². The van der Waals surface area contributed by atoms with E-state index in [2.05, 4.69) is 6.07 Å². The smallest absolute Gasteiger partial charge is 0.327 e. The van der Waals surface area contributed by atoms with E-state index in [1.807, 2.05) is 24.0 Å². The molecule has 1 saturated heterocycles. The summed E-state index contributed by atoms with van der Waals surface area (Å²) in [4.78, 5) is 13.2. The zero-order valence-electron chi connectivity index (χ0n) is 10.1. The number of carboxylic acid groups (broad SMARTS) is 1. The van der Waals surface area contributed by atoms with Crippen molar-refractivity contribution in [1.29, 1.82) is 5.26 Å². The molecule has 5 heteroatoms. The van der Waals surface area contributed by atoms with Gasteiger partial charge in [-0.15, -0.1) is 0 Å². The van der Waals surface area contributed by atoms with Gasteiger partial charge >= 0.3 is 5.97 Å². The van der Waals surface area contributed by atoms with E-state index < -0.39 is 12.0 Å². The van der Waals surface area contributed by atoms with Crippen LogP contribution in [0.4, 0.5) is 5.69 Å². The second kappa shape index (κ2) is 5.32. The Balaban J connectivity index is 2.46. The van der Waals surface area contributed by atoms with Crippen LogP contribution in [-0.4, -0.2) is 35.2 Å². The van der Waals surface area contributed by atoms with Gasteiger partial charge in [0.1, 0.15) is 12.1 Å². The maximum atomic E-state index is 11.3. The molecule has 18 heavy (non-hydrogen) atoms. The summed E-state index contributed by atoms with van der Waals surface area (Å²) in [5.74, 6) is 0.631. The molecule has 1 N–H and O–H groups in total. The van der Waals surface area contributed by atoms with Gasteiger partial charge in [0, 0.05) is 18.1 Å². The number of anilines is 1. The average Bonchev–Trinajstić information content (AvgIpc) is 2.38. The van der Waals surface area contributed by atoms with Crippen molar-refractivity contribution >= 4 is 23.4 Å². The minimum absolute atomic E-state index is 0.544. The predicted molar refractivity (Wildman–Crippen MR) is 72.0 cm³/mol. The molecule has 0 spiro atoms. The van der Waals surface area contributed by atoms with Crippen LogP contribution in [0.5, 0.6) is 0 Å². The van der Waals surface area contributed by atoms with Crippen molar-refractivity contribution in [2.24, 2.45) is 0 Å². The van der Waals surface area contributed by atoms with Crippen LogP contribution in [0.2, 0.25) is 0 Å². The Bertz CT molecular complexity index is 510. The van der Waals surface area contributed by atoms with Crippen molar-refractivity contribution < 1.29 is 9.90 Å². The molecule has 94 valence electrons. The molecule has 0 saturated carbocycles. The Morgan fingerprint density at radius 1 is 1.61 bits per heavy atom. The van der Waals surface area contributed by atoms with Gasteiger partial charge in [-0.2, -0.15) is 17.0 Å². The third kappa shape index (κ3) is 2.29. The van der Waals surface area contributed by atoms with Gasteiger partial charge in [-0.05, 0) is 18.6 Å². The van der Waals surface area contributed by atoms with E-state index in [0.717, 1.165) is 17.0 Å². The molecular formula is C13H14N2O2S. The normalized spacial score (nSPS) is 19.3. The summed E-state index contributed by atoms with van der Waals surface area (Å²) in [5, 5.41) is 18.5. The van der Waals surface area contributed by atoms with Gasteiger partial charge in [-0.1, -0.05) is 12.1 Å². The molecule has 1 unspecified atom stereocenters. The van der Waals surface area contributed by atoms with Crippen molar-refractivity contribution in [3.63, 3.8) is 0 Å². The Kier molecular flexibility index (Phi) is 3.78. The summed E-state index contributed by atoms with van der Waals surface area (Å²) in [6.07, 6.45) is 0. The zero-order valence-corrected chi connectivity index (χ0v) is 10.9. The minimum atomic E-state index is -0.825. The molecule has 0 radical (unpaired) electrons. The lowest BCUT2D eigenvalue weighted by Crippen LogP contribution is -2.48. The van der Waals surface area contributed by atoms with Crippen LogP contribution >= 0.6 is 11.8 Å². The zero-order chi connectivity index (χ0) is 13.1. The number of benzene rings is 1. The maximum absolute atomic E-state index is 11.3. The van der Waals surface area contributed by atoms with Crippen molar-refractivity contribution in [1.82, 2.24) is 0 Å². The van der Waals surface area contributed by atoms with E-state index in [-0.39, 0.29) is 0 Å². The van der Waals surface area contributed by atoms with E-state index in [1.165, 1.54) is 0 Å². The number of nitrogens with zero attached hydrogens (tertiary/aromatic N) is 2. The second-order valence-electron chi connectivity index (χ2n) is 4.21. The van der Waals surface area contributed by atoms with E-state index >= 15 is 0 Å². The van der Waals surface area contributed by atoms with Crippen LogP contribution in [0.1, 0.15) is 11.1 Å². The molecule has 1 fully saturated rings. The predicted octanol–water partition coefficient (Wildman–Crippen LogP) is 1.87. The van der Waals surface area contributed by atoms with Crippen molar-refractivity contribution in [3.05, 3.63) is 29.3 Å². The second-order valence-corrected chi connectivity index (χ2v) is 5.36. The van der Waals surface area contributed by atoms with Crippen LogP contribution in [0.15, 0.2) is 18.2 Å². The van der Waals surface area contributed by atoms with Crippen molar-refractivity contribution in [2.45, 2.75) is 13.0 Å². The van der Waals surface area contributed by atoms with Crippen LogP contribution in [-0.2, 0) is 4.79 Å². The third-order valence-corrected chi connectivity index (χ3v) is 4.08. The van der Waals surface area contributed by atoms with Crippen molar-refractivity contribution in [3.8, 4) is 6.07 Å². The molecule has 1 aromatic carbocycles. The molecule has 1 heterocycles. The Labute approximate surface area is 110 Å². The number of aryl methyl sites for hydroxylation is 1.